The monoisotopic (exact) mass is 290 g/mol. The molecule has 0 saturated heterocycles. The fourth-order valence-corrected chi connectivity index (χ4v) is 2.22. The molecule has 1 atom stereocenters. The Morgan fingerprint density at radius 2 is 2.00 bits per heavy atom. The van der Waals surface area contributed by atoms with Gasteiger partial charge in [-0.05, 0) is 23.1 Å². The lowest BCUT2D eigenvalue weighted by atomic mass is 9.86. The number of benzene rings is 1. The summed E-state index contributed by atoms with van der Waals surface area (Å²) in [5, 5.41) is 14.4. The average Bonchev–Trinajstić information content (AvgIpc) is 2.72. The fraction of sp³-hybridized carbons (Fsp3) is 0.400. The smallest absolute Gasteiger partial charge is 0.326 e. The molecule has 3 N–H and O–H groups in total. The molecular formula is C15H18N2O4. The second kappa shape index (κ2) is 5.20. The van der Waals surface area contributed by atoms with Crippen molar-refractivity contribution in [1.29, 1.82) is 0 Å². The SMILES string of the molecule is CC(C)(C)[C@@H](NC(=O)c1ccc2c(c1)NC(=O)C2)C(=O)O. The van der Waals surface area contributed by atoms with Gasteiger partial charge >= 0.3 is 5.97 Å². The standard InChI is InChI=1S/C15H18N2O4/c1-15(2,3)12(14(20)21)17-13(19)9-5-4-8-7-11(18)16-10(8)6-9/h4-6,12H,7H2,1-3H3,(H,16,18)(H,17,19)(H,20,21)/t12-/m0/s1. The summed E-state index contributed by atoms with van der Waals surface area (Å²) in [7, 11) is 0. The van der Waals surface area contributed by atoms with Crippen LogP contribution in [-0.2, 0) is 16.0 Å². The Morgan fingerprint density at radius 3 is 2.57 bits per heavy atom. The van der Waals surface area contributed by atoms with Crippen molar-refractivity contribution in [3.63, 3.8) is 0 Å². The molecule has 0 aliphatic carbocycles. The molecule has 6 heteroatoms. The number of carboxylic acid groups (broad SMARTS) is 1. The Bertz CT molecular complexity index is 617. The Morgan fingerprint density at radius 1 is 1.33 bits per heavy atom. The van der Waals surface area contributed by atoms with Gasteiger partial charge in [0.05, 0.1) is 6.42 Å². The maximum atomic E-state index is 12.2. The van der Waals surface area contributed by atoms with E-state index in [2.05, 4.69) is 10.6 Å². The average molecular weight is 290 g/mol. The van der Waals surface area contributed by atoms with Gasteiger partial charge < -0.3 is 15.7 Å². The first-order chi connectivity index (χ1) is 9.68. The van der Waals surface area contributed by atoms with Crippen LogP contribution in [0, 0.1) is 5.41 Å². The minimum absolute atomic E-state index is 0.110. The van der Waals surface area contributed by atoms with Gasteiger partial charge in [-0.3, -0.25) is 9.59 Å². The summed E-state index contributed by atoms with van der Waals surface area (Å²) in [4.78, 5) is 34.8. The van der Waals surface area contributed by atoms with Gasteiger partial charge in [0.25, 0.3) is 5.91 Å². The van der Waals surface area contributed by atoms with Gasteiger partial charge in [0.2, 0.25) is 5.91 Å². The number of carboxylic acids is 1. The normalized spacial score (nSPS) is 15.1. The number of nitrogens with one attached hydrogen (secondary N) is 2. The van der Waals surface area contributed by atoms with Crippen molar-refractivity contribution in [2.45, 2.75) is 33.2 Å². The molecule has 0 unspecified atom stereocenters. The van der Waals surface area contributed by atoms with Gasteiger partial charge in [-0.15, -0.1) is 0 Å². The van der Waals surface area contributed by atoms with Crippen LogP contribution in [0.4, 0.5) is 5.69 Å². The van der Waals surface area contributed by atoms with Crippen LogP contribution in [0.25, 0.3) is 0 Å². The molecule has 6 nitrogen and oxygen atoms in total. The molecule has 0 saturated carbocycles. The van der Waals surface area contributed by atoms with Crippen molar-refractivity contribution in [3.8, 4) is 0 Å². The third kappa shape index (κ3) is 3.21. The van der Waals surface area contributed by atoms with E-state index < -0.39 is 23.3 Å². The third-order valence-electron chi connectivity index (χ3n) is 3.39. The first kappa shape index (κ1) is 15.0. The number of hydrogen-bond acceptors (Lipinski definition) is 3. The molecule has 2 rings (SSSR count). The van der Waals surface area contributed by atoms with Crippen molar-refractivity contribution >= 4 is 23.5 Å². The van der Waals surface area contributed by atoms with E-state index in [0.717, 1.165) is 5.56 Å². The van der Waals surface area contributed by atoms with E-state index >= 15 is 0 Å². The van der Waals surface area contributed by atoms with Gasteiger partial charge in [0, 0.05) is 11.3 Å². The molecule has 1 heterocycles. The Hall–Kier alpha value is -2.37. The lowest BCUT2D eigenvalue weighted by molar-refractivity contribution is -0.142. The number of amides is 2. The van der Waals surface area contributed by atoms with Crippen LogP contribution in [0.1, 0.15) is 36.7 Å². The minimum atomic E-state index is -1.08. The molecule has 0 radical (unpaired) electrons. The van der Waals surface area contributed by atoms with Crippen molar-refractivity contribution in [3.05, 3.63) is 29.3 Å². The molecule has 2 amide bonds. The number of aliphatic carboxylic acids is 1. The molecule has 1 aliphatic rings. The first-order valence-corrected chi connectivity index (χ1v) is 6.65. The Balaban J connectivity index is 2.19. The van der Waals surface area contributed by atoms with Gasteiger partial charge in [-0.2, -0.15) is 0 Å². The molecule has 0 spiro atoms. The highest BCUT2D eigenvalue weighted by Crippen LogP contribution is 2.25. The highest BCUT2D eigenvalue weighted by atomic mass is 16.4. The van der Waals surface area contributed by atoms with Crippen LogP contribution >= 0.6 is 0 Å². The molecule has 0 bridgehead atoms. The molecule has 112 valence electrons. The van der Waals surface area contributed by atoms with Crippen LogP contribution in [0.15, 0.2) is 18.2 Å². The van der Waals surface area contributed by atoms with Gasteiger partial charge in [-0.25, -0.2) is 4.79 Å². The van der Waals surface area contributed by atoms with Crippen LogP contribution in [0.2, 0.25) is 0 Å². The van der Waals surface area contributed by atoms with Gasteiger partial charge in [0.15, 0.2) is 0 Å². The second-order valence-electron chi connectivity index (χ2n) is 6.21. The zero-order chi connectivity index (χ0) is 15.8. The lowest BCUT2D eigenvalue weighted by Crippen LogP contribution is -2.49. The Kier molecular flexibility index (Phi) is 3.72. The summed E-state index contributed by atoms with van der Waals surface area (Å²) in [6.45, 7) is 5.24. The quantitative estimate of drug-likeness (QED) is 0.784. The molecule has 0 fully saturated rings. The van der Waals surface area contributed by atoms with E-state index in [9.17, 15) is 19.5 Å². The maximum absolute atomic E-state index is 12.2. The minimum Gasteiger partial charge on any atom is -0.480 e. The summed E-state index contributed by atoms with van der Waals surface area (Å²) in [5.74, 6) is -1.66. The predicted octanol–water partition coefficient (Wildman–Crippen LogP) is 1.41. The molecule has 1 aliphatic heterocycles. The topological polar surface area (TPSA) is 95.5 Å². The van der Waals surface area contributed by atoms with Crippen molar-refractivity contribution in [2.24, 2.45) is 5.41 Å². The van der Waals surface area contributed by atoms with Crippen molar-refractivity contribution in [2.75, 3.05) is 5.32 Å². The second-order valence-corrected chi connectivity index (χ2v) is 6.21. The molecule has 0 aromatic heterocycles. The van der Waals surface area contributed by atoms with Gasteiger partial charge in [0.1, 0.15) is 6.04 Å². The van der Waals surface area contributed by atoms with E-state index in [4.69, 9.17) is 0 Å². The van der Waals surface area contributed by atoms with E-state index in [1.807, 2.05) is 0 Å². The van der Waals surface area contributed by atoms with Crippen LogP contribution in [0.3, 0.4) is 0 Å². The third-order valence-corrected chi connectivity index (χ3v) is 3.39. The van der Waals surface area contributed by atoms with E-state index in [0.29, 0.717) is 17.7 Å². The lowest BCUT2D eigenvalue weighted by Gasteiger charge is -2.27. The summed E-state index contributed by atoms with van der Waals surface area (Å²) in [6, 6.07) is 3.87. The Labute approximate surface area is 122 Å². The fourth-order valence-electron chi connectivity index (χ4n) is 2.22. The van der Waals surface area contributed by atoms with Crippen molar-refractivity contribution < 1.29 is 19.5 Å². The number of rotatable bonds is 3. The zero-order valence-corrected chi connectivity index (χ0v) is 12.2. The number of anilines is 1. The summed E-state index contributed by atoms with van der Waals surface area (Å²) >= 11 is 0. The number of fused-ring (bicyclic) bond motifs is 1. The number of carbonyl (C=O) groups is 3. The molecular weight excluding hydrogens is 272 g/mol. The largest absolute Gasteiger partial charge is 0.480 e. The molecule has 1 aromatic rings. The van der Waals surface area contributed by atoms with Gasteiger partial charge in [-0.1, -0.05) is 26.8 Å². The highest BCUT2D eigenvalue weighted by molar-refractivity contribution is 6.02. The van der Waals surface area contributed by atoms with Crippen LogP contribution in [0.5, 0.6) is 0 Å². The number of carbonyl (C=O) groups excluding carboxylic acids is 2. The van der Waals surface area contributed by atoms with Crippen molar-refractivity contribution in [1.82, 2.24) is 5.32 Å². The van der Waals surface area contributed by atoms with E-state index in [-0.39, 0.29) is 5.91 Å². The first-order valence-electron chi connectivity index (χ1n) is 6.65. The van der Waals surface area contributed by atoms with E-state index in [1.54, 1.807) is 39.0 Å². The summed E-state index contributed by atoms with van der Waals surface area (Å²) in [6.07, 6.45) is 0.303. The molecule has 21 heavy (non-hydrogen) atoms. The molecule has 1 aromatic carbocycles. The van der Waals surface area contributed by atoms with E-state index in [1.165, 1.54) is 0 Å². The summed E-state index contributed by atoms with van der Waals surface area (Å²) < 4.78 is 0. The maximum Gasteiger partial charge on any atom is 0.326 e. The van der Waals surface area contributed by atoms with Crippen LogP contribution < -0.4 is 10.6 Å². The predicted molar refractivity (Wildman–Crippen MR) is 77.1 cm³/mol. The summed E-state index contributed by atoms with van der Waals surface area (Å²) in [5.41, 5.74) is 1.16. The highest BCUT2D eigenvalue weighted by Gasteiger charge is 2.33. The zero-order valence-electron chi connectivity index (χ0n) is 12.2. The number of hydrogen-bond donors (Lipinski definition) is 3. The van der Waals surface area contributed by atoms with Crippen LogP contribution in [-0.4, -0.2) is 28.9 Å².